The van der Waals surface area contributed by atoms with Crippen LogP contribution in [0.5, 0.6) is 0 Å². The Morgan fingerprint density at radius 1 is 0.722 bits per heavy atom. The van der Waals surface area contributed by atoms with Crippen molar-refractivity contribution in [1.29, 1.82) is 0 Å². The molecule has 1 aromatic rings. The lowest BCUT2D eigenvalue weighted by Crippen LogP contribution is -2.54. The van der Waals surface area contributed by atoms with Crippen LogP contribution in [0.3, 0.4) is 0 Å². The maximum atomic E-state index is 14.5. The molecule has 0 bridgehead atoms. The minimum atomic E-state index is -1.33. The number of nitrogens with one attached hydrogen (secondary N) is 3. The number of ether oxygens (including phenoxy) is 2. The zero-order chi connectivity index (χ0) is 67.9. The molecule has 0 saturated carbocycles. The average Bonchev–Trinajstić information content (AvgIpc) is 2.51. The maximum absolute atomic E-state index is 14.5. The van der Waals surface area contributed by atoms with Crippen molar-refractivity contribution >= 4 is 64.7 Å². The van der Waals surface area contributed by atoms with Crippen LogP contribution in [0.25, 0.3) is 10.4 Å². The van der Waals surface area contributed by atoms with E-state index in [0.717, 1.165) is 0 Å². The molecule has 0 radical (unpaired) electrons. The van der Waals surface area contributed by atoms with Crippen molar-refractivity contribution in [2.45, 2.75) is 201 Å². The summed E-state index contributed by atoms with van der Waals surface area (Å²) in [7, 11) is 8.49. The number of methoxy groups -OCH3 is 2. The van der Waals surface area contributed by atoms with Crippen molar-refractivity contribution in [1.82, 2.24) is 35.6 Å². The zero-order valence-corrected chi connectivity index (χ0v) is 56.0. The van der Waals surface area contributed by atoms with E-state index in [1.54, 1.807) is 61.9 Å². The number of carboxylic acid groups (broad SMARTS) is 1. The van der Waals surface area contributed by atoms with E-state index in [1.807, 2.05) is 60.5 Å². The van der Waals surface area contributed by atoms with E-state index in [0.29, 0.717) is 49.8 Å². The van der Waals surface area contributed by atoms with Crippen LogP contribution < -0.4 is 21.7 Å². The minimum Gasteiger partial charge on any atom is -0.481 e. The monoisotopic (exact) mass is 1260 g/mol. The number of piperidine rings is 1. The molecule has 0 unspecified atom stereocenters. The van der Waals surface area contributed by atoms with E-state index < -0.39 is 120 Å². The van der Waals surface area contributed by atoms with Gasteiger partial charge in [-0.1, -0.05) is 98.1 Å². The summed E-state index contributed by atoms with van der Waals surface area (Å²) in [6, 6.07) is 2.46. The molecule has 2 fully saturated rings. The molecule has 504 valence electrons. The number of carbonyl (C=O) groups excluding carboxylic acids is 10. The first kappa shape index (κ1) is 77.4. The number of benzene rings is 1. The Hall–Kier alpha value is -6.82. The first-order chi connectivity index (χ1) is 42.3. The molecule has 2 aliphatic heterocycles. The lowest BCUT2D eigenvalue weighted by atomic mass is 9.83. The fraction of sp³-hybridized carbons (Fsp3) is 0.738. The molecule has 25 heteroatoms. The summed E-state index contributed by atoms with van der Waals surface area (Å²) in [6.07, 6.45) is 0.00273. The smallest absolute Gasteiger partial charge is 0.306 e. The van der Waals surface area contributed by atoms with Gasteiger partial charge in [0.05, 0.1) is 67.1 Å². The third-order valence-corrected chi connectivity index (χ3v) is 18.2. The van der Waals surface area contributed by atoms with Crippen LogP contribution in [-0.4, -0.2) is 199 Å². The van der Waals surface area contributed by atoms with Crippen molar-refractivity contribution in [3.05, 3.63) is 45.8 Å². The van der Waals surface area contributed by atoms with Gasteiger partial charge in [0.15, 0.2) is 17.3 Å². The van der Waals surface area contributed by atoms with Gasteiger partial charge in [0, 0.05) is 102 Å². The van der Waals surface area contributed by atoms with Crippen LogP contribution in [0.2, 0.25) is 0 Å². The van der Waals surface area contributed by atoms with E-state index in [2.05, 4.69) is 26.0 Å². The Morgan fingerprint density at radius 2 is 1.32 bits per heavy atom. The summed E-state index contributed by atoms with van der Waals surface area (Å²) >= 11 is 0. The summed E-state index contributed by atoms with van der Waals surface area (Å²) in [5.74, 6) is -8.48. The number of nitrogens with zero attached hydrogens (tertiary/aromatic N) is 7. The number of amides is 7. The Balaban J connectivity index is 1.68. The summed E-state index contributed by atoms with van der Waals surface area (Å²) in [5.41, 5.74) is 16.1. The maximum Gasteiger partial charge on any atom is 0.306 e. The number of primary amides is 1. The number of likely N-dealkylation sites (tertiary alicyclic amines) is 2. The summed E-state index contributed by atoms with van der Waals surface area (Å²) in [4.78, 5) is 157. The molecule has 0 aromatic heterocycles. The largest absolute Gasteiger partial charge is 0.481 e. The highest BCUT2D eigenvalue weighted by Gasteiger charge is 2.44. The number of Topliss-reactive ketones (excluding diaryl/α,β-unsaturated/α-hetero) is 3. The number of carbonyl (C=O) groups is 11. The number of carboxylic acids is 1. The van der Waals surface area contributed by atoms with Gasteiger partial charge in [-0.15, -0.1) is 0 Å². The van der Waals surface area contributed by atoms with E-state index in [4.69, 9.17) is 15.2 Å². The highest BCUT2D eigenvalue weighted by atomic mass is 16.5. The first-order valence-corrected chi connectivity index (χ1v) is 32.0. The van der Waals surface area contributed by atoms with E-state index in [9.17, 15) is 63.4 Å². The molecular formula is C65H105N11O14. The van der Waals surface area contributed by atoms with Gasteiger partial charge >= 0.3 is 5.97 Å². The molecule has 1 aromatic carbocycles. The number of hydrogen-bond acceptors (Lipinski definition) is 15. The predicted molar refractivity (Wildman–Crippen MR) is 339 cm³/mol. The van der Waals surface area contributed by atoms with Crippen molar-refractivity contribution in [3.8, 4) is 0 Å². The fourth-order valence-corrected chi connectivity index (χ4v) is 12.7. The van der Waals surface area contributed by atoms with E-state index in [-0.39, 0.29) is 112 Å². The second-order valence-corrected chi connectivity index (χ2v) is 26.1. The number of aliphatic carboxylic acids is 1. The summed E-state index contributed by atoms with van der Waals surface area (Å²) < 4.78 is 12.1. The first-order valence-electron chi connectivity index (χ1n) is 32.0. The van der Waals surface area contributed by atoms with Gasteiger partial charge in [0.1, 0.15) is 0 Å². The molecule has 2 aliphatic rings. The molecule has 2 saturated heterocycles. The number of likely N-dealkylation sites (N-methyl/N-ethyl adjacent to an activating group) is 2. The number of azide groups is 1. The van der Waals surface area contributed by atoms with Crippen molar-refractivity contribution in [3.63, 3.8) is 0 Å². The van der Waals surface area contributed by atoms with Crippen LogP contribution in [0.1, 0.15) is 151 Å². The van der Waals surface area contributed by atoms with Gasteiger partial charge in [-0.2, -0.15) is 0 Å². The van der Waals surface area contributed by atoms with Gasteiger partial charge in [0.2, 0.25) is 41.4 Å². The predicted octanol–water partition coefficient (Wildman–Crippen LogP) is 5.07. The van der Waals surface area contributed by atoms with Crippen LogP contribution in [0.4, 0.5) is 0 Å². The quantitative estimate of drug-likeness (QED) is 0.0326. The Bertz CT molecular complexity index is 2650. The van der Waals surface area contributed by atoms with Crippen LogP contribution in [0.15, 0.2) is 29.4 Å². The van der Waals surface area contributed by atoms with Gasteiger partial charge < -0.3 is 51.0 Å². The third kappa shape index (κ3) is 23.1. The van der Waals surface area contributed by atoms with Crippen molar-refractivity contribution in [2.24, 2.45) is 58.2 Å². The number of nitrogens with two attached hydrogens (primary N) is 1. The molecule has 2 heterocycles. The molecule has 0 spiro atoms. The van der Waals surface area contributed by atoms with Gasteiger partial charge in [0.25, 0.3) is 0 Å². The fourth-order valence-electron chi connectivity index (χ4n) is 12.7. The van der Waals surface area contributed by atoms with Crippen molar-refractivity contribution in [2.75, 3.05) is 61.5 Å². The molecule has 25 nitrogen and oxygen atoms in total. The van der Waals surface area contributed by atoms with E-state index >= 15 is 0 Å². The van der Waals surface area contributed by atoms with Gasteiger partial charge in [-0.25, -0.2) is 0 Å². The number of ketones is 3. The molecule has 90 heavy (non-hydrogen) atoms. The topological polar surface area (TPSA) is 350 Å². The highest BCUT2D eigenvalue weighted by Crippen LogP contribution is 2.32. The number of rotatable bonds is 39. The lowest BCUT2D eigenvalue weighted by Gasteiger charge is -2.41. The Morgan fingerprint density at radius 3 is 1.84 bits per heavy atom. The Labute approximate surface area is 532 Å². The normalized spacial score (nSPS) is 18.2. The lowest BCUT2D eigenvalue weighted by molar-refractivity contribution is -0.149. The Kier molecular flexibility index (Phi) is 32.3. The van der Waals surface area contributed by atoms with Crippen LogP contribution in [0, 0.1) is 47.3 Å². The summed E-state index contributed by atoms with van der Waals surface area (Å²) in [5, 5.41) is 21.2. The second kappa shape index (κ2) is 37.5. The molecule has 3 rings (SSSR count). The highest BCUT2D eigenvalue weighted by molar-refractivity contribution is 5.97. The van der Waals surface area contributed by atoms with Crippen LogP contribution in [-0.2, 0) is 75.1 Å². The molecule has 7 amide bonds. The third-order valence-electron chi connectivity index (χ3n) is 18.2. The molecular weight excluding hydrogens is 1160 g/mol. The minimum absolute atomic E-state index is 0.00124. The number of hydrogen-bond donors (Lipinski definition) is 5. The van der Waals surface area contributed by atoms with Crippen molar-refractivity contribution < 1.29 is 67.3 Å². The zero-order valence-electron chi connectivity index (χ0n) is 56.0. The molecule has 6 N–H and O–H groups in total. The summed E-state index contributed by atoms with van der Waals surface area (Å²) in [6.45, 7) is 19.4. The molecule has 0 aliphatic carbocycles. The van der Waals surface area contributed by atoms with Crippen LogP contribution >= 0.6 is 0 Å². The molecule has 12 atom stereocenters. The average molecular weight is 1260 g/mol. The van der Waals surface area contributed by atoms with Gasteiger partial charge in [-0.05, 0) is 93.5 Å². The second-order valence-electron chi connectivity index (χ2n) is 26.1. The SMILES string of the molecule is CC[C@H](C)[C@@H]([C@@H](CC(=O)N1CCC[C@H]1[C@H](OC)[C@@H](C)C(=O)N[C@H](CN=[N+]=[N-])Cc1ccc(CC(=O)[C@H](CC(N)=O)NC(=O)[C@@H](CC(=O)[C@H](C)NC(=O)CCC(=O)N2CCC(C(=O)O)CC2)C(C)C)cc1)OC)N(C)C(=O)[C@@H](CC(=O)[C@H](C(C)C)N(C)C)C(C)C. The van der Waals surface area contributed by atoms with E-state index in [1.165, 1.54) is 26.0 Å². The standard InChI is InChI=1S/C65H105N11O14/c1-16-40(8)60(74(13)64(86)48(38(4)5)33-53(79)59(39(6)7)73(11)12)54(89-14)35-58(83)76-27-17-18-50(76)61(90-15)41(9)62(84)70-46(36-68-72-67)30-43-19-21-44(22-20-43)31-52(78)49(34-55(66)80)71-63(85)47(37(2)3)32-51(77)42(10)69-56(81)23-24-57(82)75-28-25-45(26-29-75)65(87)88/h19-22,37-42,45-50,54,59-61H,16-18,23-36H2,1-15H3,(H2,66,80)(H,69,81)(H,70,84)(H,71,85)(H,87,88)/t40-,41+,42-,46-,47-,48-,49-,50-,54+,59-,60-,61+/m0/s1. The van der Waals surface area contributed by atoms with Gasteiger partial charge in [-0.3, -0.25) is 57.6 Å².